The number of rotatable bonds is 10. The van der Waals surface area contributed by atoms with E-state index in [1.165, 1.54) is 11.1 Å². The summed E-state index contributed by atoms with van der Waals surface area (Å²) in [6, 6.07) is 14.2. The Hall–Kier alpha value is -0.770. The van der Waals surface area contributed by atoms with Crippen LogP contribution in [0.15, 0.2) is 48.5 Å². The van der Waals surface area contributed by atoms with Gasteiger partial charge in [0, 0.05) is 0 Å². The van der Waals surface area contributed by atoms with Gasteiger partial charge in [0.2, 0.25) is 0 Å². The van der Waals surface area contributed by atoms with Crippen molar-refractivity contribution in [3.05, 3.63) is 59.7 Å². The Morgan fingerprint density at radius 1 is 0.769 bits per heavy atom. The largest absolute Gasteiger partial charge is 1.00 e. The molecule has 0 aliphatic carbocycles. The predicted octanol–water partition coefficient (Wildman–Crippen LogP) is 2.30. The molecule has 26 heavy (non-hydrogen) atoms. The van der Waals surface area contributed by atoms with Crippen molar-refractivity contribution in [2.24, 2.45) is 0 Å². The second-order valence-electron chi connectivity index (χ2n) is 6.12. The number of hydrogen-bond acceptors (Lipinski definition) is 4. The maximum atomic E-state index is 12.1. The minimum Gasteiger partial charge on any atom is -0.736 e. The molecule has 0 unspecified atom stereocenters. The topological polar surface area (TPSA) is 58.6 Å². The number of unbranched alkanes of at least 4 members (excludes halogenated alkanes) is 2. The van der Waals surface area contributed by atoms with Gasteiger partial charge in [0.1, 0.15) is 11.5 Å². The van der Waals surface area contributed by atoms with Crippen LogP contribution in [0.5, 0.6) is 11.5 Å². The molecule has 0 fully saturated rings. The smallest absolute Gasteiger partial charge is 0.736 e. The quantitative estimate of drug-likeness (QED) is 0.466. The van der Waals surface area contributed by atoms with Crippen LogP contribution in [0, 0.1) is 0 Å². The maximum absolute atomic E-state index is 12.1. The van der Waals surface area contributed by atoms with Gasteiger partial charge < -0.3 is 13.9 Å². The fourth-order valence-electron chi connectivity index (χ4n) is 2.47. The Morgan fingerprint density at radius 3 is 1.42 bits per heavy atom. The van der Waals surface area contributed by atoms with Crippen molar-refractivity contribution in [2.45, 2.75) is 52.4 Å². The van der Waals surface area contributed by atoms with Crippen LogP contribution in [0.1, 0.15) is 50.7 Å². The Kier molecular flexibility index (Phi) is 10.6. The van der Waals surface area contributed by atoms with E-state index in [-0.39, 0.29) is 41.1 Å². The van der Waals surface area contributed by atoms with E-state index in [9.17, 15) is 9.46 Å². The Bertz CT molecular complexity index is 628. The van der Waals surface area contributed by atoms with Crippen LogP contribution in [0.2, 0.25) is 0 Å². The molecule has 0 radical (unpaired) electrons. The molecule has 2 aromatic rings. The monoisotopic (exact) mass is 384 g/mol. The first kappa shape index (κ1) is 23.3. The molecule has 0 aliphatic rings. The predicted molar refractivity (Wildman–Crippen MR) is 99.0 cm³/mol. The summed E-state index contributed by atoms with van der Waals surface area (Å²) in [5, 5.41) is 0. The molecule has 0 saturated heterocycles. The summed E-state index contributed by atoms with van der Waals surface area (Å²) in [6.07, 6.45) is 6.42. The first-order valence-electron chi connectivity index (χ1n) is 8.90. The van der Waals surface area contributed by atoms with Gasteiger partial charge in [-0.15, -0.1) is 0 Å². The molecule has 0 heterocycles. The zero-order valence-electron chi connectivity index (χ0n) is 15.9. The zero-order chi connectivity index (χ0) is 18.1. The van der Waals surface area contributed by atoms with Crippen LogP contribution in [-0.2, 0) is 17.4 Å². The molecular weight excluding hydrogens is 358 g/mol. The molecule has 0 N–H and O–H groups in total. The number of aryl methyl sites for hydroxylation is 2. The summed E-state index contributed by atoms with van der Waals surface area (Å²) in [4.78, 5) is 12.1. The van der Waals surface area contributed by atoms with E-state index in [4.69, 9.17) is 9.05 Å². The number of phosphoric ester groups is 1. The summed E-state index contributed by atoms with van der Waals surface area (Å²) in [7, 11) is -4.46. The third-order valence-electron chi connectivity index (χ3n) is 3.92. The van der Waals surface area contributed by atoms with E-state index in [2.05, 4.69) is 13.8 Å². The minimum atomic E-state index is -4.46. The van der Waals surface area contributed by atoms with E-state index in [1.54, 1.807) is 24.3 Å². The van der Waals surface area contributed by atoms with Gasteiger partial charge in [0.05, 0.1) is 0 Å². The van der Waals surface area contributed by atoms with Crippen LogP contribution in [0.25, 0.3) is 0 Å². The fourth-order valence-corrected chi connectivity index (χ4v) is 3.27. The molecule has 0 atom stereocenters. The average Bonchev–Trinajstić information content (AvgIpc) is 2.60. The molecule has 136 valence electrons. The van der Waals surface area contributed by atoms with Crippen LogP contribution in [0.4, 0.5) is 0 Å². The van der Waals surface area contributed by atoms with Crippen LogP contribution >= 0.6 is 7.82 Å². The molecule has 0 aromatic heterocycles. The van der Waals surface area contributed by atoms with Gasteiger partial charge in [-0.3, -0.25) is 0 Å². The molecule has 0 saturated carbocycles. The molecular formula is C20H26NaO4P. The first-order chi connectivity index (χ1) is 12.0. The third-order valence-corrected chi connectivity index (χ3v) is 4.79. The van der Waals surface area contributed by atoms with Gasteiger partial charge in [-0.25, -0.2) is 4.57 Å². The summed E-state index contributed by atoms with van der Waals surface area (Å²) >= 11 is 0. The van der Waals surface area contributed by atoms with Gasteiger partial charge >= 0.3 is 37.4 Å². The molecule has 2 aromatic carbocycles. The molecule has 0 aliphatic heterocycles. The normalized spacial score (nSPS) is 10.9. The van der Waals surface area contributed by atoms with Crippen LogP contribution in [-0.4, -0.2) is 0 Å². The van der Waals surface area contributed by atoms with Crippen molar-refractivity contribution in [3.8, 4) is 11.5 Å². The van der Waals surface area contributed by atoms with Crippen molar-refractivity contribution in [1.82, 2.24) is 0 Å². The molecule has 4 nitrogen and oxygen atoms in total. The van der Waals surface area contributed by atoms with Crippen molar-refractivity contribution in [2.75, 3.05) is 0 Å². The van der Waals surface area contributed by atoms with E-state index < -0.39 is 7.82 Å². The second-order valence-corrected chi connectivity index (χ2v) is 7.38. The van der Waals surface area contributed by atoms with E-state index >= 15 is 0 Å². The minimum absolute atomic E-state index is 0. The first-order valence-corrected chi connectivity index (χ1v) is 10.4. The summed E-state index contributed by atoms with van der Waals surface area (Å²) in [6.45, 7) is 4.28. The molecule has 2 rings (SSSR count). The molecule has 0 amide bonds. The van der Waals surface area contributed by atoms with Crippen molar-refractivity contribution >= 4 is 7.82 Å². The van der Waals surface area contributed by atoms with Crippen LogP contribution in [0.3, 0.4) is 0 Å². The van der Waals surface area contributed by atoms with Crippen molar-refractivity contribution in [1.29, 1.82) is 0 Å². The second kappa shape index (κ2) is 11.8. The van der Waals surface area contributed by atoms with Crippen molar-refractivity contribution < 1.29 is 48.1 Å². The van der Waals surface area contributed by atoms with Gasteiger partial charge in [-0.05, 0) is 61.1 Å². The summed E-state index contributed by atoms with van der Waals surface area (Å²) in [5.41, 5.74) is 2.33. The van der Waals surface area contributed by atoms with Gasteiger partial charge in [0.25, 0.3) is 0 Å². The van der Waals surface area contributed by atoms with Gasteiger partial charge in [-0.2, -0.15) is 0 Å². The van der Waals surface area contributed by atoms with E-state index in [1.807, 2.05) is 24.3 Å². The Labute approximate surface area is 178 Å². The average molecular weight is 384 g/mol. The van der Waals surface area contributed by atoms with Gasteiger partial charge in [-0.1, -0.05) is 51.0 Å². The number of phosphoric acid groups is 1. The van der Waals surface area contributed by atoms with Gasteiger partial charge in [0.15, 0.2) is 0 Å². The molecule has 0 spiro atoms. The van der Waals surface area contributed by atoms with E-state index in [0.717, 1.165) is 38.5 Å². The SMILES string of the molecule is CCCCc1ccc(OP(=O)([O-])Oc2ccc(CCCC)cc2)cc1.[Na+]. The van der Waals surface area contributed by atoms with Crippen LogP contribution < -0.4 is 43.5 Å². The molecule has 6 heteroatoms. The fraction of sp³-hybridized carbons (Fsp3) is 0.400. The maximum Gasteiger partial charge on any atom is 1.00 e. The Morgan fingerprint density at radius 2 is 1.12 bits per heavy atom. The van der Waals surface area contributed by atoms with E-state index in [0.29, 0.717) is 0 Å². The summed E-state index contributed by atoms with van der Waals surface area (Å²) in [5.74, 6) is 0.524. The Balaban J connectivity index is 0.00000338. The number of benzene rings is 2. The zero-order valence-corrected chi connectivity index (χ0v) is 18.8. The molecule has 0 bridgehead atoms. The standard InChI is InChI=1S/C20H27O4P.Na/c1-3-5-7-17-9-13-19(14-10-17)23-25(21,22)24-20-15-11-18(12-16-20)8-6-4-2;/h9-16H,3-8H2,1-2H3,(H,21,22);/q;+1/p-1. The third kappa shape index (κ3) is 8.28. The number of hydrogen-bond donors (Lipinski definition) is 0. The van der Waals surface area contributed by atoms with Crippen molar-refractivity contribution in [3.63, 3.8) is 0 Å². The summed E-state index contributed by atoms with van der Waals surface area (Å²) < 4.78 is 22.1.